The third-order valence-corrected chi connectivity index (χ3v) is 3.08. The Balaban J connectivity index is 2.04. The standard InChI is InChI=1S/C17H14N2O/c1-20-17-12-14-8-6-5-7-13(14)11-16(17)19-18-15-9-3-2-4-10-15/h2-12H,1H3. The molecule has 98 valence electrons. The molecule has 3 aromatic rings. The van der Waals surface area contributed by atoms with Gasteiger partial charge >= 0.3 is 0 Å². The van der Waals surface area contributed by atoms with Gasteiger partial charge in [0.1, 0.15) is 11.4 Å². The second-order valence-corrected chi connectivity index (χ2v) is 4.41. The highest BCUT2D eigenvalue weighted by atomic mass is 16.5. The van der Waals surface area contributed by atoms with E-state index in [1.54, 1.807) is 7.11 Å². The van der Waals surface area contributed by atoms with Gasteiger partial charge in [-0.3, -0.25) is 0 Å². The summed E-state index contributed by atoms with van der Waals surface area (Å²) >= 11 is 0. The van der Waals surface area contributed by atoms with E-state index >= 15 is 0 Å². The molecule has 20 heavy (non-hydrogen) atoms. The molecule has 3 nitrogen and oxygen atoms in total. The van der Waals surface area contributed by atoms with Gasteiger partial charge in [-0.2, -0.15) is 5.11 Å². The van der Waals surface area contributed by atoms with Crippen LogP contribution in [0.4, 0.5) is 11.4 Å². The molecule has 0 unspecified atom stereocenters. The minimum absolute atomic E-state index is 0.725. The van der Waals surface area contributed by atoms with Crippen LogP contribution in [0.3, 0.4) is 0 Å². The van der Waals surface area contributed by atoms with Crippen LogP contribution in [0.15, 0.2) is 77.0 Å². The summed E-state index contributed by atoms with van der Waals surface area (Å²) in [6.45, 7) is 0. The Kier molecular flexibility index (Phi) is 3.42. The van der Waals surface area contributed by atoms with E-state index < -0.39 is 0 Å². The summed E-state index contributed by atoms with van der Waals surface area (Å²) in [7, 11) is 1.64. The Morgan fingerprint density at radius 2 is 1.40 bits per heavy atom. The number of azo groups is 1. The molecule has 0 heterocycles. The average molecular weight is 262 g/mol. The second kappa shape index (κ2) is 5.53. The summed E-state index contributed by atoms with van der Waals surface area (Å²) in [4.78, 5) is 0. The predicted molar refractivity (Wildman–Crippen MR) is 81.1 cm³/mol. The third kappa shape index (κ3) is 2.52. The lowest BCUT2D eigenvalue weighted by Gasteiger charge is -2.06. The Morgan fingerprint density at radius 3 is 2.10 bits per heavy atom. The lowest BCUT2D eigenvalue weighted by atomic mass is 10.1. The lowest BCUT2D eigenvalue weighted by Crippen LogP contribution is -1.83. The van der Waals surface area contributed by atoms with Crippen molar-refractivity contribution < 1.29 is 4.74 Å². The number of ether oxygens (including phenoxy) is 1. The van der Waals surface area contributed by atoms with Crippen LogP contribution in [0.25, 0.3) is 10.8 Å². The quantitative estimate of drug-likeness (QED) is 0.592. The van der Waals surface area contributed by atoms with Crippen LogP contribution >= 0.6 is 0 Å². The maximum Gasteiger partial charge on any atom is 0.147 e. The van der Waals surface area contributed by atoms with Crippen molar-refractivity contribution in [1.29, 1.82) is 0 Å². The molecule has 0 saturated heterocycles. The fourth-order valence-corrected chi connectivity index (χ4v) is 2.06. The summed E-state index contributed by atoms with van der Waals surface area (Å²) in [5.41, 5.74) is 1.55. The number of fused-ring (bicyclic) bond motifs is 1. The molecule has 0 aliphatic heterocycles. The molecule has 0 aromatic heterocycles. The molecule has 3 aromatic carbocycles. The molecule has 0 spiro atoms. The molecular weight excluding hydrogens is 248 g/mol. The van der Waals surface area contributed by atoms with Gasteiger partial charge in [0, 0.05) is 0 Å². The number of hydrogen-bond donors (Lipinski definition) is 0. The SMILES string of the molecule is COc1cc2ccccc2cc1N=Nc1ccccc1. The zero-order valence-electron chi connectivity index (χ0n) is 11.2. The molecule has 0 aliphatic rings. The van der Waals surface area contributed by atoms with Gasteiger partial charge in [-0.1, -0.05) is 42.5 Å². The van der Waals surface area contributed by atoms with Crippen molar-refractivity contribution in [1.82, 2.24) is 0 Å². The van der Waals surface area contributed by atoms with Gasteiger partial charge in [0.15, 0.2) is 0 Å². The van der Waals surface area contributed by atoms with Gasteiger partial charge in [-0.05, 0) is 35.0 Å². The Morgan fingerprint density at radius 1 is 0.750 bits per heavy atom. The van der Waals surface area contributed by atoms with Gasteiger partial charge in [-0.15, -0.1) is 5.11 Å². The highest BCUT2D eigenvalue weighted by molar-refractivity contribution is 5.87. The van der Waals surface area contributed by atoms with Crippen LogP contribution in [-0.2, 0) is 0 Å². The number of methoxy groups -OCH3 is 1. The number of nitrogens with zero attached hydrogens (tertiary/aromatic N) is 2. The van der Waals surface area contributed by atoms with Gasteiger partial charge in [0.25, 0.3) is 0 Å². The van der Waals surface area contributed by atoms with Crippen molar-refractivity contribution in [3.05, 3.63) is 66.7 Å². The van der Waals surface area contributed by atoms with Crippen molar-refractivity contribution in [3.63, 3.8) is 0 Å². The van der Waals surface area contributed by atoms with E-state index in [1.807, 2.05) is 54.6 Å². The van der Waals surface area contributed by atoms with Crippen molar-refractivity contribution in [2.24, 2.45) is 10.2 Å². The Labute approximate surface area is 117 Å². The van der Waals surface area contributed by atoms with Crippen LogP contribution in [0.5, 0.6) is 5.75 Å². The summed E-state index contributed by atoms with van der Waals surface area (Å²) in [5.74, 6) is 0.725. The van der Waals surface area contributed by atoms with Crippen LogP contribution < -0.4 is 4.74 Å². The van der Waals surface area contributed by atoms with Crippen molar-refractivity contribution in [2.75, 3.05) is 7.11 Å². The van der Waals surface area contributed by atoms with E-state index in [0.717, 1.165) is 27.9 Å². The van der Waals surface area contributed by atoms with Gasteiger partial charge < -0.3 is 4.74 Å². The topological polar surface area (TPSA) is 34.0 Å². The maximum absolute atomic E-state index is 5.39. The van der Waals surface area contributed by atoms with Crippen molar-refractivity contribution in [3.8, 4) is 5.75 Å². The molecule has 0 aliphatic carbocycles. The lowest BCUT2D eigenvalue weighted by molar-refractivity contribution is 0.416. The highest BCUT2D eigenvalue weighted by Crippen LogP contribution is 2.33. The molecule has 0 radical (unpaired) electrons. The van der Waals surface area contributed by atoms with E-state index in [9.17, 15) is 0 Å². The van der Waals surface area contributed by atoms with Crippen LogP contribution in [0, 0.1) is 0 Å². The first-order chi connectivity index (χ1) is 9.86. The van der Waals surface area contributed by atoms with Gasteiger partial charge in [-0.25, -0.2) is 0 Å². The molecular formula is C17H14N2O. The number of benzene rings is 3. The molecule has 0 amide bonds. The first-order valence-electron chi connectivity index (χ1n) is 6.40. The minimum atomic E-state index is 0.725. The second-order valence-electron chi connectivity index (χ2n) is 4.41. The van der Waals surface area contributed by atoms with Crippen molar-refractivity contribution in [2.45, 2.75) is 0 Å². The largest absolute Gasteiger partial charge is 0.494 e. The predicted octanol–water partition coefficient (Wildman–Crippen LogP) is 5.26. The summed E-state index contributed by atoms with van der Waals surface area (Å²) in [5, 5.41) is 10.8. The third-order valence-electron chi connectivity index (χ3n) is 3.08. The average Bonchev–Trinajstić information content (AvgIpc) is 2.53. The number of hydrogen-bond acceptors (Lipinski definition) is 3. The molecule has 0 atom stereocenters. The molecule has 3 heteroatoms. The maximum atomic E-state index is 5.39. The molecule has 0 bridgehead atoms. The number of rotatable bonds is 3. The normalized spacial score (nSPS) is 11.1. The fraction of sp³-hybridized carbons (Fsp3) is 0.0588. The zero-order valence-corrected chi connectivity index (χ0v) is 11.2. The Bertz CT molecular complexity index is 751. The first-order valence-corrected chi connectivity index (χ1v) is 6.40. The zero-order chi connectivity index (χ0) is 13.8. The van der Waals surface area contributed by atoms with Crippen LogP contribution in [-0.4, -0.2) is 7.11 Å². The van der Waals surface area contributed by atoms with E-state index in [4.69, 9.17) is 4.74 Å². The molecule has 0 fully saturated rings. The first kappa shape index (κ1) is 12.4. The van der Waals surface area contributed by atoms with E-state index in [-0.39, 0.29) is 0 Å². The Hall–Kier alpha value is -2.68. The van der Waals surface area contributed by atoms with Gasteiger partial charge in [0.2, 0.25) is 0 Å². The molecule has 0 saturated carbocycles. The summed E-state index contributed by atoms with van der Waals surface area (Å²) in [6.07, 6.45) is 0. The minimum Gasteiger partial charge on any atom is -0.494 e. The van der Waals surface area contributed by atoms with Crippen molar-refractivity contribution >= 4 is 22.1 Å². The van der Waals surface area contributed by atoms with E-state index in [1.165, 1.54) is 0 Å². The fourth-order valence-electron chi connectivity index (χ4n) is 2.06. The highest BCUT2D eigenvalue weighted by Gasteiger charge is 2.04. The van der Waals surface area contributed by atoms with Crippen LogP contribution in [0.2, 0.25) is 0 Å². The summed E-state index contributed by atoms with van der Waals surface area (Å²) in [6, 6.07) is 21.7. The molecule has 0 N–H and O–H groups in total. The molecule has 3 rings (SSSR count). The smallest absolute Gasteiger partial charge is 0.147 e. The van der Waals surface area contributed by atoms with E-state index in [2.05, 4.69) is 22.4 Å². The van der Waals surface area contributed by atoms with E-state index in [0.29, 0.717) is 0 Å². The monoisotopic (exact) mass is 262 g/mol. The van der Waals surface area contributed by atoms with Crippen LogP contribution in [0.1, 0.15) is 0 Å². The van der Waals surface area contributed by atoms with Gasteiger partial charge in [0.05, 0.1) is 12.8 Å². The summed E-state index contributed by atoms with van der Waals surface area (Å²) < 4.78 is 5.39.